The first-order valence-corrected chi connectivity index (χ1v) is 7.99. The Kier molecular flexibility index (Phi) is 4.39. The minimum absolute atomic E-state index is 0.0394. The predicted octanol–water partition coefficient (Wildman–Crippen LogP) is 2.77. The van der Waals surface area contributed by atoms with Crippen LogP contribution in [0.25, 0.3) is 0 Å². The van der Waals surface area contributed by atoms with Crippen molar-refractivity contribution in [1.29, 1.82) is 0 Å². The van der Waals surface area contributed by atoms with E-state index >= 15 is 0 Å². The Morgan fingerprint density at radius 3 is 2.65 bits per heavy atom. The van der Waals surface area contributed by atoms with Crippen molar-refractivity contribution in [2.45, 2.75) is 17.9 Å². The minimum atomic E-state index is -3.76. The van der Waals surface area contributed by atoms with E-state index in [2.05, 4.69) is 9.82 Å². The number of benzene rings is 1. The van der Waals surface area contributed by atoms with Crippen LogP contribution in [0.2, 0.25) is 10.0 Å². The maximum absolute atomic E-state index is 12.3. The molecule has 0 spiro atoms. The van der Waals surface area contributed by atoms with Gasteiger partial charge in [-0.2, -0.15) is 5.10 Å². The molecule has 0 saturated heterocycles. The number of nitrogens with one attached hydrogen (secondary N) is 1. The largest absolute Gasteiger partial charge is 0.275 e. The lowest BCUT2D eigenvalue weighted by molar-refractivity contribution is 0.567. The van der Waals surface area contributed by atoms with Gasteiger partial charge in [-0.25, -0.2) is 13.1 Å². The van der Waals surface area contributed by atoms with Crippen LogP contribution in [0.5, 0.6) is 0 Å². The summed E-state index contributed by atoms with van der Waals surface area (Å²) in [7, 11) is -1.99. The molecule has 0 radical (unpaired) electrons. The predicted molar refractivity (Wildman–Crippen MR) is 78.4 cm³/mol. The molecule has 1 N–H and O–H groups in total. The Hall–Kier alpha value is -1.08. The quantitative estimate of drug-likeness (QED) is 0.935. The van der Waals surface area contributed by atoms with Gasteiger partial charge in [-0.15, -0.1) is 0 Å². The van der Waals surface area contributed by atoms with Crippen molar-refractivity contribution in [3.8, 4) is 0 Å². The Morgan fingerprint density at radius 1 is 1.35 bits per heavy atom. The highest BCUT2D eigenvalue weighted by Crippen LogP contribution is 2.26. The summed E-state index contributed by atoms with van der Waals surface area (Å²) in [5, 5.41) is 4.44. The Balaban J connectivity index is 2.29. The van der Waals surface area contributed by atoms with Crippen LogP contribution in [0.3, 0.4) is 0 Å². The summed E-state index contributed by atoms with van der Waals surface area (Å²) in [6.07, 6.45) is 3.35. The van der Waals surface area contributed by atoms with E-state index in [9.17, 15) is 8.42 Å². The second-order valence-corrected chi connectivity index (χ2v) is 6.89. The number of aryl methyl sites for hydroxylation is 1. The number of nitrogens with zero attached hydrogens (tertiary/aromatic N) is 2. The number of hydrogen-bond donors (Lipinski definition) is 1. The minimum Gasteiger partial charge on any atom is -0.275 e. The van der Waals surface area contributed by atoms with Crippen molar-refractivity contribution >= 4 is 33.2 Å². The van der Waals surface area contributed by atoms with Crippen molar-refractivity contribution in [2.75, 3.05) is 0 Å². The average molecular weight is 334 g/mol. The van der Waals surface area contributed by atoms with Gasteiger partial charge in [0.15, 0.2) is 0 Å². The average Bonchev–Trinajstić information content (AvgIpc) is 2.78. The molecule has 0 aliphatic heterocycles. The second kappa shape index (κ2) is 5.73. The van der Waals surface area contributed by atoms with Crippen molar-refractivity contribution in [2.24, 2.45) is 7.05 Å². The molecule has 0 bridgehead atoms. The summed E-state index contributed by atoms with van der Waals surface area (Å²) in [5.74, 6) is 0. The van der Waals surface area contributed by atoms with Gasteiger partial charge >= 0.3 is 0 Å². The molecule has 0 fully saturated rings. The Morgan fingerprint density at radius 2 is 2.05 bits per heavy atom. The smallest absolute Gasteiger partial charge is 0.242 e. The molecule has 2 aromatic rings. The molecule has 1 aromatic carbocycles. The summed E-state index contributed by atoms with van der Waals surface area (Å²) >= 11 is 11.7. The summed E-state index contributed by atoms with van der Waals surface area (Å²) in [6.45, 7) is 1.73. The third kappa shape index (κ3) is 3.32. The van der Waals surface area contributed by atoms with Gasteiger partial charge in [0.25, 0.3) is 0 Å². The number of halogens is 2. The molecule has 0 aliphatic rings. The van der Waals surface area contributed by atoms with Crippen LogP contribution >= 0.6 is 23.2 Å². The monoisotopic (exact) mass is 333 g/mol. The lowest BCUT2D eigenvalue weighted by Gasteiger charge is -2.13. The molecule has 108 valence electrons. The third-order valence-electron chi connectivity index (χ3n) is 2.74. The maximum atomic E-state index is 12.3. The van der Waals surface area contributed by atoms with Gasteiger partial charge in [0.1, 0.15) is 4.90 Å². The van der Waals surface area contributed by atoms with Crippen LogP contribution in [0.1, 0.15) is 18.5 Å². The summed E-state index contributed by atoms with van der Waals surface area (Å²) in [5.41, 5.74) is 0.759. The SMILES string of the molecule is CC(NS(=O)(=O)c1cc(Cl)ccc1Cl)c1cnn(C)c1. The van der Waals surface area contributed by atoms with Crippen molar-refractivity contribution in [1.82, 2.24) is 14.5 Å². The molecular weight excluding hydrogens is 321 g/mol. The zero-order valence-electron chi connectivity index (χ0n) is 10.8. The molecule has 0 saturated carbocycles. The molecule has 1 atom stereocenters. The van der Waals surface area contributed by atoms with E-state index in [4.69, 9.17) is 23.2 Å². The van der Waals surface area contributed by atoms with Gasteiger partial charge in [0.05, 0.1) is 11.2 Å². The van der Waals surface area contributed by atoms with Crippen LogP contribution in [-0.2, 0) is 17.1 Å². The van der Waals surface area contributed by atoms with Crippen LogP contribution in [-0.4, -0.2) is 18.2 Å². The zero-order valence-corrected chi connectivity index (χ0v) is 13.2. The van der Waals surface area contributed by atoms with E-state index in [1.54, 1.807) is 31.0 Å². The third-order valence-corrected chi connectivity index (χ3v) is 5.00. The normalized spacial score (nSPS) is 13.4. The van der Waals surface area contributed by atoms with E-state index in [0.717, 1.165) is 5.56 Å². The molecule has 8 heteroatoms. The van der Waals surface area contributed by atoms with E-state index in [-0.39, 0.29) is 9.92 Å². The fourth-order valence-electron chi connectivity index (χ4n) is 1.71. The van der Waals surface area contributed by atoms with Crippen molar-refractivity contribution in [3.63, 3.8) is 0 Å². The number of aromatic nitrogens is 2. The van der Waals surface area contributed by atoms with Gasteiger partial charge in [0, 0.05) is 29.9 Å². The zero-order chi connectivity index (χ0) is 14.9. The second-order valence-electron chi connectivity index (χ2n) is 4.37. The fraction of sp³-hybridized carbons (Fsp3) is 0.250. The Bertz CT molecular complexity index is 728. The van der Waals surface area contributed by atoms with Crippen LogP contribution in [0.15, 0.2) is 35.5 Å². The highest BCUT2D eigenvalue weighted by atomic mass is 35.5. The number of sulfonamides is 1. The summed E-state index contributed by atoms with van der Waals surface area (Å²) in [4.78, 5) is -0.0394. The molecular formula is C12H13Cl2N3O2S. The molecule has 0 amide bonds. The van der Waals surface area contributed by atoms with E-state index in [1.165, 1.54) is 18.2 Å². The molecule has 20 heavy (non-hydrogen) atoms. The van der Waals surface area contributed by atoms with E-state index in [0.29, 0.717) is 5.02 Å². The highest BCUT2D eigenvalue weighted by Gasteiger charge is 2.22. The summed E-state index contributed by atoms with van der Waals surface area (Å²) in [6, 6.07) is 3.88. The fourth-order valence-corrected chi connectivity index (χ4v) is 3.71. The van der Waals surface area contributed by atoms with Crippen LogP contribution < -0.4 is 4.72 Å². The van der Waals surface area contributed by atoms with Crippen molar-refractivity contribution in [3.05, 3.63) is 46.2 Å². The maximum Gasteiger partial charge on any atom is 0.242 e. The lowest BCUT2D eigenvalue weighted by Crippen LogP contribution is -2.27. The van der Waals surface area contributed by atoms with Gasteiger partial charge in [-0.3, -0.25) is 4.68 Å². The number of rotatable bonds is 4. The topological polar surface area (TPSA) is 64.0 Å². The first-order chi connectivity index (χ1) is 9.29. The van der Waals surface area contributed by atoms with Crippen LogP contribution in [0.4, 0.5) is 0 Å². The van der Waals surface area contributed by atoms with Crippen molar-refractivity contribution < 1.29 is 8.42 Å². The lowest BCUT2D eigenvalue weighted by atomic mass is 10.2. The molecule has 5 nitrogen and oxygen atoms in total. The molecule has 1 aromatic heterocycles. The van der Waals surface area contributed by atoms with Gasteiger partial charge in [-0.1, -0.05) is 23.2 Å². The molecule has 1 unspecified atom stereocenters. The van der Waals surface area contributed by atoms with Gasteiger partial charge in [-0.05, 0) is 25.1 Å². The number of hydrogen-bond acceptors (Lipinski definition) is 3. The first kappa shape index (κ1) is 15.3. The first-order valence-electron chi connectivity index (χ1n) is 5.75. The summed E-state index contributed by atoms with van der Waals surface area (Å²) < 4.78 is 28.8. The van der Waals surface area contributed by atoms with E-state index < -0.39 is 16.1 Å². The van der Waals surface area contributed by atoms with Crippen LogP contribution in [0, 0.1) is 0 Å². The highest BCUT2D eigenvalue weighted by molar-refractivity contribution is 7.89. The Labute approximate surface area is 127 Å². The standard InChI is InChI=1S/C12H13Cl2N3O2S/c1-8(9-6-15-17(2)7-9)16-20(18,19)12-5-10(13)3-4-11(12)14/h3-8,16H,1-2H3. The van der Waals surface area contributed by atoms with Gasteiger partial charge in [0.2, 0.25) is 10.0 Å². The molecule has 2 rings (SSSR count). The van der Waals surface area contributed by atoms with E-state index in [1.807, 2.05) is 0 Å². The molecule has 1 heterocycles. The van der Waals surface area contributed by atoms with Gasteiger partial charge < -0.3 is 0 Å². The molecule has 0 aliphatic carbocycles.